The van der Waals surface area contributed by atoms with Crippen LogP contribution in [0.4, 0.5) is 0 Å². The van der Waals surface area contributed by atoms with Gasteiger partial charge in [0.15, 0.2) is 0 Å². The summed E-state index contributed by atoms with van der Waals surface area (Å²) in [5, 5.41) is 3.43. The van der Waals surface area contributed by atoms with Gasteiger partial charge in [-0.25, -0.2) is 0 Å². The van der Waals surface area contributed by atoms with Crippen molar-refractivity contribution in [2.24, 2.45) is 0 Å². The Morgan fingerprint density at radius 3 is 2.47 bits per heavy atom. The zero-order chi connectivity index (χ0) is 10.8. The summed E-state index contributed by atoms with van der Waals surface area (Å²) in [6.07, 6.45) is 6.29. The SMILES string of the molecule is CCc1sc(CC)c2c1CCC(NC)C2. The summed E-state index contributed by atoms with van der Waals surface area (Å²) >= 11 is 2.06. The zero-order valence-corrected chi connectivity index (χ0v) is 10.8. The lowest BCUT2D eigenvalue weighted by atomic mass is 9.88. The van der Waals surface area contributed by atoms with Crippen molar-refractivity contribution in [1.29, 1.82) is 0 Å². The minimum absolute atomic E-state index is 0.710. The van der Waals surface area contributed by atoms with Crippen molar-refractivity contribution in [1.82, 2.24) is 5.32 Å². The fourth-order valence-corrected chi connectivity index (χ4v) is 3.88. The number of hydrogen-bond acceptors (Lipinski definition) is 2. The molecule has 1 aromatic heterocycles. The molecule has 2 heteroatoms. The molecule has 0 saturated carbocycles. The van der Waals surface area contributed by atoms with Crippen LogP contribution in [0.5, 0.6) is 0 Å². The third-order valence-corrected chi connectivity index (χ3v) is 5.09. The molecule has 1 unspecified atom stereocenters. The number of aryl methyl sites for hydroxylation is 2. The van der Waals surface area contributed by atoms with Crippen LogP contribution >= 0.6 is 11.3 Å². The maximum atomic E-state index is 3.43. The number of rotatable bonds is 3. The first-order valence-corrected chi connectivity index (χ1v) is 6.91. The monoisotopic (exact) mass is 223 g/mol. The van der Waals surface area contributed by atoms with Gasteiger partial charge in [0.1, 0.15) is 0 Å². The number of hydrogen-bond donors (Lipinski definition) is 1. The van der Waals surface area contributed by atoms with Crippen LogP contribution in [0.15, 0.2) is 0 Å². The Hall–Kier alpha value is -0.340. The topological polar surface area (TPSA) is 12.0 Å². The molecule has 0 bridgehead atoms. The lowest BCUT2D eigenvalue weighted by molar-refractivity contribution is 0.495. The predicted molar refractivity (Wildman–Crippen MR) is 67.9 cm³/mol. The Kier molecular flexibility index (Phi) is 3.47. The van der Waals surface area contributed by atoms with Crippen LogP contribution in [-0.4, -0.2) is 13.1 Å². The van der Waals surface area contributed by atoms with E-state index in [4.69, 9.17) is 0 Å². The Balaban J connectivity index is 2.34. The second-order valence-corrected chi connectivity index (χ2v) is 5.53. The largest absolute Gasteiger partial charge is 0.317 e. The van der Waals surface area contributed by atoms with E-state index in [2.05, 4.69) is 37.5 Å². The molecule has 0 aromatic carbocycles. The van der Waals surface area contributed by atoms with Crippen molar-refractivity contribution in [3.05, 3.63) is 20.9 Å². The van der Waals surface area contributed by atoms with Gasteiger partial charge in [-0.3, -0.25) is 0 Å². The molecule has 0 spiro atoms. The van der Waals surface area contributed by atoms with Crippen LogP contribution in [0.2, 0.25) is 0 Å². The van der Waals surface area contributed by atoms with Crippen LogP contribution in [0.25, 0.3) is 0 Å². The van der Waals surface area contributed by atoms with Gasteiger partial charge in [-0.2, -0.15) is 0 Å². The molecule has 1 aromatic rings. The van der Waals surface area contributed by atoms with E-state index in [-0.39, 0.29) is 0 Å². The van der Waals surface area contributed by atoms with Gasteiger partial charge in [0, 0.05) is 15.8 Å². The van der Waals surface area contributed by atoms with Gasteiger partial charge in [-0.05, 0) is 50.3 Å². The molecule has 1 aliphatic rings. The Bertz CT molecular complexity index is 341. The molecule has 1 aliphatic carbocycles. The fourth-order valence-electron chi connectivity index (χ4n) is 2.62. The molecular formula is C13H21NS. The first-order valence-electron chi connectivity index (χ1n) is 6.09. The molecule has 2 rings (SSSR count). The molecule has 15 heavy (non-hydrogen) atoms. The van der Waals surface area contributed by atoms with E-state index in [0.717, 1.165) is 0 Å². The van der Waals surface area contributed by atoms with Gasteiger partial charge in [-0.15, -0.1) is 11.3 Å². The second kappa shape index (κ2) is 4.67. The number of thiophene rings is 1. The molecule has 1 nitrogen and oxygen atoms in total. The average molecular weight is 223 g/mol. The maximum Gasteiger partial charge on any atom is 0.0108 e. The van der Waals surface area contributed by atoms with E-state index in [1.807, 2.05) is 0 Å². The summed E-state index contributed by atoms with van der Waals surface area (Å²) in [6.45, 7) is 4.57. The molecule has 0 amide bonds. The average Bonchev–Trinajstić information content (AvgIpc) is 2.65. The van der Waals surface area contributed by atoms with Gasteiger partial charge in [0.25, 0.3) is 0 Å². The Morgan fingerprint density at radius 2 is 1.87 bits per heavy atom. The third kappa shape index (κ3) is 1.98. The zero-order valence-electron chi connectivity index (χ0n) is 10.0. The standard InChI is InChI=1S/C13H21NS/c1-4-12-10-7-6-9(14-3)8-11(10)13(5-2)15-12/h9,14H,4-8H2,1-3H3. The molecule has 0 fully saturated rings. The molecule has 0 saturated heterocycles. The molecular weight excluding hydrogens is 202 g/mol. The van der Waals surface area contributed by atoms with Gasteiger partial charge in [0.2, 0.25) is 0 Å². The quantitative estimate of drug-likeness (QED) is 0.831. The predicted octanol–water partition coefficient (Wildman–Crippen LogP) is 2.95. The maximum absolute atomic E-state index is 3.43. The number of nitrogens with one attached hydrogen (secondary N) is 1. The van der Waals surface area contributed by atoms with E-state index in [0.29, 0.717) is 6.04 Å². The highest BCUT2D eigenvalue weighted by Gasteiger charge is 2.23. The number of fused-ring (bicyclic) bond motifs is 1. The second-order valence-electron chi connectivity index (χ2n) is 4.34. The first-order chi connectivity index (χ1) is 7.30. The highest BCUT2D eigenvalue weighted by Crippen LogP contribution is 2.35. The molecule has 84 valence electrons. The smallest absolute Gasteiger partial charge is 0.0108 e. The van der Waals surface area contributed by atoms with Crippen LogP contribution in [0, 0.1) is 0 Å². The van der Waals surface area contributed by atoms with E-state index in [1.165, 1.54) is 32.1 Å². The molecule has 0 aliphatic heterocycles. The summed E-state index contributed by atoms with van der Waals surface area (Å²) < 4.78 is 0. The van der Waals surface area contributed by atoms with Crippen molar-refractivity contribution in [3.63, 3.8) is 0 Å². The van der Waals surface area contributed by atoms with Crippen molar-refractivity contribution in [2.75, 3.05) is 7.05 Å². The molecule has 1 atom stereocenters. The summed E-state index contributed by atoms with van der Waals surface area (Å²) in [6, 6.07) is 0.710. The van der Waals surface area contributed by atoms with Gasteiger partial charge < -0.3 is 5.32 Å². The van der Waals surface area contributed by atoms with Crippen LogP contribution < -0.4 is 5.32 Å². The fraction of sp³-hybridized carbons (Fsp3) is 0.692. The van der Waals surface area contributed by atoms with E-state index >= 15 is 0 Å². The van der Waals surface area contributed by atoms with E-state index in [9.17, 15) is 0 Å². The highest BCUT2D eigenvalue weighted by molar-refractivity contribution is 7.12. The van der Waals surface area contributed by atoms with E-state index in [1.54, 1.807) is 20.9 Å². The van der Waals surface area contributed by atoms with Crippen LogP contribution in [-0.2, 0) is 25.7 Å². The van der Waals surface area contributed by atoms with Crippen molar-refractivity contribution < 1.29 is 0 Å². The van der Waals surface area contributed by atoms with Crippen LogP contribution in [0.3, 0.4) is 0 Å². The van der Waals surface area contributed by atoms with E-state index < -0.39 is 0 Å². The summed E-state index contributed by atoms with van der Waals surface area (Å²) in [5.74, 6) is 0. The van der Waals surface area contributed by atoms with Gasteiger partial charge in [-0.1, -0.05) is 13.8 Å². The van der Waals surface area contributed by atoms with Crippen molar-refractivity contribution in [3.8, 4) is 0 Å². The first kappa shape index (κ1) is 11.2. The Labute approximate surface area is 96.9 Å². The normalized spacial score (nSPS) is 20.3. The molecule has 1 heterocycles. The minimum Gasteiger partial charge on any atom is -0.317 e. The van der Waals surface area contributed by atoms with Crippen molar-refractivity contribution >= 4 is 11.3 Å². The van der Waals surface area contributed by atoms with Gasteiger partial charge >= 0.3 is 0 Å². The summed E-state index contributed by atoms with van der Waals surface area (Å²) in [7, 11) is 2.09. The third-order valence-electron chi connectivity index (χ3n) is 3.53. The number of likely N-dealkylation sites (N-methyl/N-ethyl adjacent to an activating group) is 1. The minimum atomic E-state index is 0.710. The lowest BCUT2D eigenvalue weighted by Crippen LogP contribution is -2.31. The summed E-state index contributed by atoms with van der Waals surface area (Å²) in [5.41, 5.74) is 3.38. The molecule has 0 radical (unpaired) electrons. The molecule has 1 N–H and O–H groups in total. The lowest BCUT2D eigenvalue weighted by Gasteiger charge is -2.23. The highest BCUT2D eigenvalue weighted by atomic mass is 32.1. The van der Waals surface area contributed by atoms with Gasteiger partial charge in [0.05, 0.1) is 0 Å². The van der Waals surface area contributed by atoms with Crippen LogP contribution in [0.1, 0.15) is 41.1 Å². The Morgan fingerprint density at radius 1 is 1.20 bits per heavy atom. The van der Waals surface area contributed by atoms with Crippen molar-refractivity contribution in [2.45, 2.75) is 52.0 Å². The summed E-state index contributed by atoms with van der Waals surface area (Å²) in [4.78, 5) is 3.29.